The van der Waals surface area contributed by atoms with Crippen LogP contribution in [0.25, 0.3) is 11.0 Å². The number of allylic oxidation sites excluding steroid dienone is 1. The molecule has 0 radical (unpaired) electrons. The highest BCUT2D eigenvalue weighted by Gasteiger charge is 1.90. The van der Waals surface area contributed by atoms with E-state index in [0.717, 1.165) is 11.0 Å². The topological polar surface area (TPSA) is 41.6 Å². The Morgan fingerprint density at radius 1 is 1.14 bits per heavy atom. The maximum atomic E-state index is 3.88. The fourth-order valence-corrected chi connectivity index (χ4v) is 0.786. The minimum absolute atomic E-state index is 0.914. The average molecular weight is 189 g/mol. The molecule has 2 aromatic rings. The van der Waals surface area contributed by atoms with Crippen molar-refractivity contribution in [2.75, 3.05) is 0 Å². The van der Waals surface area contributed by atoms with Gasteiger partial charge >= 0.3 is 0 Å². The van der Waals surface area contributed by atoms with Crippen LogP contribution in [0.3, 0.4) is 0 Å². The van der Waals surface area contributed by atoms with Crippen molar-refractivity contribution in [2.24, 2.45) is 0 Å². The van der Waals surface area contributed by atoms with Gasteiger partial charge in [-0.15, -0.1) is 19.7 Å². The van der Waals surface area contributed by atoms with Crippen molar-refractivity contribution in [3.05, 3.63) is 50.1 Å². The lowest BCUT2D eigenvalue weighted by Gasteiger charge is -1.78. The van der Waals surface area contributed by atoms with Gasteiger partial charge in [-0.3, -0.25) is 0 Å². The largest absolute Gasteiger partial charge is 0.197 e. The molecule has 0 fully saturated rings. The van der Waals surface area contributed by atoms with Crippen LogP contribution in [0.1, 0.15) is 6.92 Å². The summed E-state index contributed by atoms with van der Waals surface area (Å²) >= 11 is 0. The first-order chi connectivity index (χ1) is 6.88. The van der Waals surface area contributed by atoms with Gasteiger partial charge in [0.05, 0.1) is 0 Å². The monoisotopic (exact) mass is 189 g/mol. The van der Waals surface area contributed by atoms with Gasteiger partial charge in [-0.2, -0.15) is 15.4 Å². The number of nitrogens with one attached hydrogen (secondary N) is 1. The normalized spacial score (nSPS) is 7.79. The molecule has 3 nitrogen and oxygen atoms in total. The van der Waals surface area contributed by atoms with Gasteiger partial charge in [0, 0.05) is 0 Å². The Balaban J connectivity index is 0.000000294. The summed E-state index contributed by atoms with van der Waals surface area (Å²) in [5.41, 5.74) is 1.83. The van der Waals surface area contributed by atoms with Crippen LogP contribution in [0.5, 0.6) is 0 Å². The maximum absolute atomic E-state index is 3.88. The molecule has 3 heteroatoms. The third kappa shape index (κ3) is 3.67. The van der Waals surface area contributed by atoms with Crippen molar-refractivity contribution in [2.45, 2.75) is 6.92 Å². The van der Waals surface area contributed by atoms with Gasteiger partial charge in [0.25, 0.3) is 0 Å². The van der Waals surface area contributed by atoms with E-state index < -0.39 is 0 Å². The van der Waals surface area contributed by atoms with Crippen LogP contribution in [0.15, 0.2) is 50.1 Å². The van der Waals surface area contributed by atoms with Gasteiger partial charge in [0.15, 0.2) is 0 Å². The zero-order chi connectivity index (χ0) is 10.8. The Bertz CT molecular complexity index is 335. The number of para-hydroxylation sites is 2. The zero-order valence-corrected chi connectivity index (χ0v) is 8.40. The number of aromatic amines is 1. The maximum Gasteiger partial charge on any atom is 0.112 e. The second-order valence-electron chi connectivity index (χ2n) is 2.22. The van der Waals surface area contributed by atoms with E-state index in [1.54, 1.807) is 6.08 Å². The first kappa shape index (κ1) is 12.1. The number of aromatic nitrogens is 3. The smallest absolute Gasteiger partial charge is 0.112 e. The zero-order valence-electron chi connectivity index (χ0n) is 8.40. The van der Waals surface area contributed by atoms with E-state index in [1.807, 2.05) is 31.2 Å². The van der Waals surface area contributed by atoms with Crippen molar-refractivity contribution < 1.29 is 0 Å². The molecule has 0 bridgehead atoms. The molecule has 0 saturated heterocycles. The molecule has 0 spiro atoms. The summed E-state index contributed by atoms with van der Waals surface area (Å²) in [7, 11) is 0. The van der Waals surface area contributed by atoms with Crippen LogP contribution >= 0.6 is 0 Å². The van der Waals surface area contributed by atoms with E-state index in [1.165, 1.54) is 0 Å². The molecule has 1 aromatic carbocycles. The van der Waals surface area contributed by atoms with Crippen LogP contribution in [-0.2, 0) is 0 Å². The lowest BCUT2D eigenvalue weighted by Crippen LogP contribution is -1.63. The quantitative estimate of drug-likeness (QED) is 0.647. The van der Waals surface area contributed by atoms with Crippen LogP contribution in [0.4, 0.5) is 0 Å². The molecule has 1 N–H and O–H groups in total. The number of fused-ring (bicyclic) bond motifs is 1. The van der Waals surface area contributed by atoms with Crippen molar-refractivity contribution in [3.8, 4) is 0 Å². The number of H-pyrrole nitrogens is 1. The molecular weight excluding hydrogens is 174 g/mol. The predicted molar refractivity (Wildman–Crippen MR) is 61.0 cm³/mol. The summed E-state index contributed by atoms with van der Waals surface area (Å²) in [6.45, 7) is 11.2. The van der Waals surface area contributed by atoms with Crippen LogP contribution in [-0.4, -0.2) is 15.4 Å². The Morgan fingerprint density at radius 3 is 1.86 bits per heavy atom. The molecule has 0 aliphatic rings. The molecule has 0 atom stereocenters. The van der Waals surface area contributed by atoms with Gasteiger partial charge in [-0.25, -0.2) is 0 Å². The van der Waals surface area contributed by atoms with Gasteiger partial charge in [0.2, 0.25) is 0 Å². The average Bonchev–Trinajstić information content (AvgIpc) is 2.69. The summed E-state index contributed by atoms with van der Waals surface area (Å²) in [5.74, 6) is 0. The lowest BCUT2D eigenvalue weighted by molar-refractivity contribution is 0.959. The molecule has 14 heavy (non-hydrogen) atoms. The third-order valence-corrected chi connectivity index (χ3v) is 1.22. The highest BCUT2D eigenvalue weighted by atomic mass is 15.3. The van der Waals surface area contributed by atoms with Crippen LogP contribution in [0.2, 0.25) is 0 Å². The first-order valence-electron chi connectivity index (χ1n) is 4.21. The highest BCUT2D eigenvalue weighted by molar-refractivity contribution is 5.72. The summed E-state index contributed by atoms with van der Waals surface area (Å²) in [6, 6.07) is 7.70. The molecule has 1 heterocycles. The number of hydrogen-bond acceptors (Lipinski definition) is 2. The van der Waals surface area contributed by atoms with Crippen LogP contribution < -0.4 is 0 Å². The van der Waals surface area contributed by atoms with E-state index in [-0.39, 0.29) is 0 Å². The van der Waals surface area contributed by atoms with E-state index >= 15 is 0 Å². The minimum atomic E-state index is 0.914. The van der Waals surface area contributed by atoms with Gasteiger partial charge < -0.3 is 0 Å². The van der Waals surface area contributed by atoms with E-state index in [2.05, 4.69) is 35.1 Å². The number of hydrogen-bond donors (Lipinski definition) is 1. The molecule has 74 valence electrons. The molecule has 0 unspecified atom stereocenters. The molecule has 0 aliphatic heterocycles. The first-order valence-corrected chi connectivity index (χ1v) is 4.21. The lowest BCUT2D eigenvalue weighted by atomic mass is 10.3. The van der Waals surface area contributed by atoms with Gasteiger partial charge in [-0.1, -0.05) is 18.2 Å². The Hall–Kier alpha value is -1.90. The molecule has 0 amide bonds. The molecule has 1 aromatic heterocycles. The fourth-order valence-electron chi connectivity index (χ4n) is 0.786. The third-order valence-electron chi connectivity index (χ3n) is 1.22. The van der Waals surface area contributed by atoms with E-state index in [4.69, 9.17) is 0 Å². The standard InChI is InChI=1S/C6H5N3.C3H6.C2H4/c1-2-4-6-5(3-1)7-9-8-6;1-3-2;1-2/h1-4H,(H,7,8,9);3H,1H2,2H3;1-2H2. The van der Waals surface area contributed by atoms with Gasteiger partial charge in [0.1, 0.15) is 11.0 Å². The van der Waals surface area contributed by atoms with Crippen molar-refractivity contribution in [1.82, 2.24) is 15.4 Å². The second kappa shape index (κ2) is 7.73. The highest BCUT2D eigenvalue weighted by Crippen LogP contribution is 2.03. The Labute approximate surface area is 84.2 Å². The van der Waals surface area contributed by atoms with Crippen molar-refractivity contribution >= 4 is 11.0 Å². The van der Waals surface area contributed by atoms with Crippen molar-refractivity contribution in [3.63, 3.8) is 0 Å². The molecule has 0 aliphatic carbocycles. The Morgan fingerprint density at radius 2 is 1.50 bits per heavy atom. The predicted octanol–water partition coefficient (Wildman–Crippen LogP) is 2.95. The summed E-state index contributed by atoms with van der Waals surface area (Å²) in [5, 5.41) is 10.3. The fraction of sp³-hybridized carbons (Fsp3) is 0.0909. The molecule has 2 rings (SSSR count). The van der Waals surface area contributed by atoms with Gasteiger partial charge in [-0.05, 0) is 19.1 Å². The minimum Gasteiger partial charge on any atom is -0.197 e. The Kier molecular flexibility index (Phi) is 6.68. The number of nitrogens with zero attached hydrogens (tertiary/aromatic N) is 2. The summed E-state index contributed by atoms with van der Waals surface area (Å²) in [4.78, 5) is 0. The SMILES string of the molecule is C=C.C=CC.c1ccc2n[nH]nc2c1. The van der Waals surface area contributed by atoms with E-state index in [9.17, 15) is 0 Å². The summed E-state index contributed by atoms with van der Waals surface area (Å²) < 4.78 is 0. The number of benzene rings is 1. The molecular formula is C11H15N3. The van der Waals surface area contributed by atoms with E-state index in [0.29, 0.717) is 0 Å². The van der Waals surface area contributed by atoms with Crippen molar-refractivity contribution in [1.29, 1.82) is 0 Å². The molecule has 0 saturated carbocycles. The second-order valence-corrected chi connectivity index (χ2v) is 2.22. The number of rotatable bonds is 0. The van der Waals surface area contributed by atoms with Crippen LogP contribution in [0, 0.1) is 0 Å². The summed E-state index contributed by atoms with van der Waals surface area (Å²) in [6.07, 6.45) is 1.75.